The number of aromatic nitrogens is 1. The normalized spacial score (nSPS) is 15.3. The highest BCUT2D eigenvalue weighted by atomic mass is 35.5. The van der Waals surface area contributed by atoms with Gasteiger partial charge in [-0.3, -0.25) is 9.52 Å². The standard InChI is InChI=1S/C22H23ClN4O5S3/c23-20-10-9-18(35(31,32)27-12-3-1-2-4-13-27)15-19(20)21(28)25-16-5-7-17(8-6-16)34(29,30)26-22-24-11-14-33-22/h5-11,14-15H,1-4,12-13H2,(H,24,26)(H,25,28). The number of carbonyl (C=O) groups is 1. The Balaban J connectivity index is 1.51. The van der Waals surface area contributed by atoms with Crippen LogP contribution in [0.1, 0.15) is 36.0 Å². The first-order chi connectivity index (χ1) is 16.7. The van der Waals surface area contributed by atoms with E-state index in [1.54, 1.807) is 5.38 Å². The monoisotopic (exact) mass is 554 g/mol. The van der Waals surface area contributed by atoms with Gasteiger partial charge in [0, 0.05) is 30.4 Å². The summed E-state index contributed by atoms with van der Waals surface area (Å²) in [4.78, 5) is 16.8. The summed E-state index contributed by atoms with van der Waals surface area (Å²) >= 11 is 7.36. The van der Waals surface area contributed by atoms with E-state index in [9.17, 15) is 21.6 Å². The number of hydrogen-bond acceptors (Lipinski definition) is 7. The molecule has 0 spiro atoms. The first-order valence-electron chi connectivity index (χ1n) is 10.8. The molecular formula is C22H23ClN4O5S3. The lowest BCUT2D eigenvalue weighted by molar-refractivity contribution is 0.102. The first-order valence-corrected chi connectivity index (χ1v) is 15.0. The van der Waals surface area contributed by atoms with Crippen LogP contribution in [0, 0.1) is 0 Å². The number of halogens is 1. The van der Waals surface area contributed by atoms with Crippen molar-refractivity contribution >= 4 is 59.7 Å². The second-order valence-electron chi connectivity index (χ2n) is 7.88. The van der Waals surface area contributed by atoms with Gasteiger partial charge in [-0.15, -0.1) is 11.3 Å². The van der Waals surface area contributed by atoms with Crippen LogP contribution in [-0.2, 0) is 20.0 Å². The van der Waals surface area contributed by atoms with Crippen molar-refractivity contribution in [3.63, 3.8) is 0 Å². The molecule has 0 radical (unpaired) electrons. The van der Waals surface area contributed by atoms with Gasteiger partial charge in [0.25, 0.3) is 15.9 Å². The second-order valence-corrected chi connectivity index (χ2v) is 12.8. The zero-order chi connectivity index (χ0) is 25.1. The van der Waals surface area contributed by atoms with Gasteiger partial charge < -0.3 is 5.32 Å². The van der Waals surface area contributed by atoms with Gasteiger partial charge in [0.2, 0.25) is 10.0 Å². The van der Waals surface area contributed by atoms with Crippen molar-refractivity contribution in [2.75, 3.05) is 23.1 Å². The molecule has 2 aromatic carbocycles. The molecular weight excluding hydrogens is 532 g/mol. The third kappa shape index (κ3) is 6.01. The van der Waals surface area contributed by atoms with E-state index in [0.717, 1.165) is 37.0 Å². The van der Waals surface area contributed by atoms with Crippen LogP contribution >= 0.6 is 22.9 Å². The Kier molecular flexibility index (Phi) is 7.77. The predicted octanol–water partition coefficient (Wildman–Crippen LogP) is 4.41. The maximum atomic E-state index is 13.1. The maximum Gasteiger partial charge on any atom is 0.263 e. The van der Waals surface area contributed by atoms with E-state index in [1.807, 2.05) is 0 Å². The molecule has 9 nitrogen and oxygen atoms in total. The Hall–Kier alpha value is -2.51. The number of benzene rings is 2. The molecule has 186 valence electrons. The van der Waals surface area contributed by atoms with Crippen LogP contribution in [-0.4, -0.2) is 45.1 Å². The molecule has 0 aliphatic carbocycles. The highest BCUT2D eigenvalue weighted by Crippen LogP contribution is 2.26. The number of anilines is 2. The molecule has 0 saturated carbocycles. The van der Waals surface area contributed by atoms with Gasteiger partial charge in [0.1, 0.15) is 0 Å². The Labute approximate surface area is 213 Å². The van der Waals surface area contributed by atoms with Gasteiger partial charge in [-0.25, -0.2) is 21.8 Å². The average Bonchev–Trinajstić information content (AvgIpc) is 3.16. The van der Waals surface area contributed by atoms with Crippen LogP contribution in [0.2, 0.25) is 5.02 Å². The first kappa shape index (κ1) is 25.6. The third-order valence-electron chi connectivity index (χ3n) is 5.46. The molecule has 2 heterocycles. The highest BCUT2D eigenvalue weighted by Gasteiger charge is 2.27. The summed E-state index contributed by atoms with van der Waals surface area (Å²) in [6, 6.07) is 9.60. The van der Waals surface area contributed by atoms with E-state index < -0.39 is 26.0 Å². The quantitative estimate of drug-likeness (QED) is 0.445. The van der Waals surface area contributed by atoms with E-state index >= 15 is 0 Å². The van der Waals surface area contributed by atoms with Crippen LogP contribution in [0.25, 0.3) is 0 Å². The van der Waals surface area contributed by atoms with E-state index in [2.05, 4.69) is 15.0 Å². The fraction of sp³-hybridized carbons (Fsp3) is 0.273. The van der Waals surface area contributed by atoms with Crippen molar-refractivity contribution in [1.82, 2.24) is 9.29 Å². The number of rotatable bonds is 7. The smallest absolute Gasteiger partial charge is 0.263 e. The van der Waals surface area contributed by atoms with Gasteiger partial charge in [-0.1, -0.05) is 24.4 Å². The molecule has 0 bridgehead atoms. The predicted molar refractivity (Wildman–Crippen MR) is 136 cm³/mol. The summed E-state index contributed by atoms with van der Waals surface area (Å²) < 4.78 is 55.0. The van der Waals surface area contributed by atoms with Gasteiger partial charge in [-0.2, -0.15) is 4.31 Å². The van der Waals surface area contributed by atoms with Crippen LogP contribution in [0.3, 0.4) is 0 Å². The van der Waals surface area contributed by atoms with E-state index in [-0.39, 0.29) is 25.5 Å². The summed E-state index contributed by atoms with van der Waals surface area (Å²) in [5.41, 5.74) is 0.324. The summed E-state index contributed by atoms with van der Waals surface area (Å²) in [7, 11) is -7.59. The van der Waals surface area contributed by atoms with E-state index in [0.29, 0.717) is 18.8 Å². The van der Waals surface area contributed by atoms with Crippen molar-refractivity contribution in [2.45, 2.75) is 35.5 Å². The Bertz CT molecular complexity index is 1400. The molecule has 4 rings (SSSR count). The Morgan fingerprint density at radius 1 is 0.943 bits per heavy atom. The fourth-order valence-electron chi connectivity index (χ4n) is 3.63. The second kappa shape index (κ2) is 10.6. The molecule has 2 N–H and O–H groups in total. The fourth-order valence-corrected chi connectivity index (χ4v) is 7.17. The molecule has 1 aliphatic rings. The molecule has 1 saturated heterocycles. The van der Waals surface area contributed by atoms with Crippen molar-refractivity contribution in [3.8, 4) is 0 Å². The largest absolute Gasteiger partial charge is 0.322 e. The summed E-state index contributed by atoms with van der Waals surface area (Å²) in [5.74, 6) is -0.612. The minimum Gasteiger partial charge on any atom is -0.322 e. The van der Waals surface area contributed by atoms with Crippen LogP contribution in [0.4, 0.5) is 10.8 Å². The molecule has 35 heavy (non-hydrogen) atoms. The topological polar surface area (TPSA) is 126 Å². The van der Waals surface area contributed by atoms with E-state index in [1.165, 1.54) is 53.0 Å². The lowest BCUT2D eigenvalue weighted by Gasteiger charge is -2.20. The summed E-state index contributed by atoms with van der Waals surface area (Å²) in [6.07, 6.45) is 5.06. The van der Waals surface area contributed by atoms with E-state index in [4.69, 9.17) is 11.6 Å². The summed E-state index contributed by atoms with van der Waals surface area (Å²) in [5, 5.41) is 4.63. The minimum absolute atomic E-state index is 0.00338. The SMILES string of the molecule is O=C(Nc1ccc(S(=O)(=O)Nc2nccs2)cc1)c1cc(S(=O)(=O)N2CCCCCC2)ccc1Cl. The molecule has 0 unspecified atom stereocenters. The van der Waals surface area contributed by atoms with Gasteiger partial charge in [0.05, 0.1) is 20.4 Å². The number of hydrogen-bond donors (Lipinski definition) is 2. The van der Waals surface area contributed by atoms with Crippen LogP contribution in [0.15, 0.2) is 63.8 Å². The van der Waals surface area contributed by atoms with Crippen molar-refractivity contribution in [2.24, 2.45) is 0 Å². The summed E-state index contributed by atoms with van der Waals surface area (Å²) in [6.45, 7) is 0.887. The zero-order valence-corrected chi connectivity index (χ0v) is 21.7. The van der Waals surface area contributed by atoms with Crippen molar-refractivity contribution < 1.29 is 21.6 Å². The van der Waals surface area contributed by atoms with Gasteiger partial charge in [0.15, 0.2) is 5.13 Å². The number of thiazole rings is 1. The highest BCUT2D eigenvalue weighted by molar-refractivity contribution is 7.93. The van der Waals surface area contributed by atoms with Gasteiger partial charge in [-0.05, 0) is 55.3 Å². The molecule has 13 heteroatoms. The maximum absolute atomic E-state index is 13.1. The Morgan fingerprint density at radius 3 is 2.23 bits per heavy atom. The Morgan fingerprint density at radius 2 is 1.60 bits per heavy atom. The third-order valence-corrected chi connectivity index (χ3v) is 9.86. The van der Waals surface area contributed by atoms with Crippen LogP contribution < -0.4 is 10.0 Å². The molecule has 0 atom stereocenters. The minimum atomic E-state index is -3.83. The number of nitrogens with zero attached hydrogens (tertiary/aromatic N) is 2. The lowest BCUT2D eigenvalue weighted by atomic mass is 10.2. The zero-order valence-electron chi connectivity index (χ0n) is 18.5. The molecule has 1 fully saturated rings. The molecule has 1 aromatic heterocycles. The number of sulfonamides is 2. The number of nitrogens with one attached hydrogen (secondary N) is 2. The van der Waals surface area contributed by atoms with Crippen LogP contribution in [0.5, 0.6) is 0 Å². The van der Waals surface area contributed by atoms with Crippen molar-refractivity contribution in [1.29, 1.82) is 0 Å². The van der Waals surface area contributed by atoms with Crippen molar-refractivity contribution in [3.05, 3.63) is 64.6 Å². The molecule has 1 aliphatic heterocycles. The molecule has 3 aromatic rings. The molecule has 1 amide bonds. The average molecular weight is 555 g/mol. The number of amides is 1. The van der Waals surface area contributed by atoms with Gasteiger partial charge >= 0.3 is 0 Å². The number of carbonyl (C=O) groups excluding carboxylic acids is 1. The lowest BCUT2D eigenvalue weighted by Crippen LogP contribution is -2.32.